The van der Waals surface area contributed by atoms with Gasteiger partial charge in [0, 0.05) is 0 Å². The van der Waals surface area contributed by atoms with E-state index in [1.807, 2.05) is 18.2 Å². The molecule has 0 unspecified atom stereocenters. The maximum absolute atomic E-state index is 8.73. The molecule has 0 heterocycles. The van der Waals surface area contributed by atoms with Crippen molar-refractivity contribution in [2.24, 2.45) is 11.7 Å². The molecular formula is C12H17NO2. The fourth-order valence-electron chi connectivity index (χ4n) is 1.96. The zero-order valence-corrected chi connectivity index (χ0v) is 8.73. The molecule has 2 atom stereocenters. The molecule has 0 aromatic heterocycles. The van der Waals surface area contributed by atoms with E-state index in [0.29, 0.717) is 18.4 Å². The summed E-state index contributed by atoms with van der Waals surface area (Å²) in [6, 6.07) is 8.02. The number of aliphatic hydroxyl groups excluding tert-OH is 1. The third-order valence-corrected chi connectivity index (χ3v) is 2.89. The fraction of sp³-hybridized carbons (Fsp3) is 0.500. The summed E-state index contributed by atoms with van der Waals surface area (Å²) >= 11 is 0. The van der Waals surface area contributed by atoms with E-state index < -0.39 is 0 Å². The smallest absolute Gasteiger partial charge is 0.122 e. The molecule has 15 heavy (non-hydrogen) atoms. The highest BCUT2D eigenvalue weighted by atomic mass is 16.5. The summed E-state index contributed by atoms with van der Waals surface area (Å²) < 4.78 is 5.49. The molecule has 1 aliphatic rings. The van der Waals surface area contributed by atoms with Gasteiger partial charge in [0.1, 0.15) is 12.4 Å². The van der Waals surface area contributed by atoms with Crippen molar-refractivity contribution >= 4 is 0 Å². The molecule has 0 aliphatic heterocycles. The lowest BCUT2D eigenvalue weighted by Crippen LogP contribution is -2.05. The van der Waals surface area contributed by atoms with Crippen molar-refractivity contribution in [2.45, 2.75) is 12.3 Å². The third kappa shape index (κ3) is 2.30. The molecule has 0 amide bonds. The Morgan fingerprint density at radius 2 is 2.20 bits per heavy atom. The van der Waals surface area contributed by atoms with Crippen LogP contribution >= 0.6 is 0 Å². The first-order chi connectivity index (χ1) is 7.36. The van der Waals surface area contributed by atoms with Gasteiger partial charge in [0.2, 0.25) is 0 Å². The lowest BCUT2D eigenvalue weighted by molar-refractivity contribution is 0.200. The van der Waals surface area contributed by atoms with Gasteiger partial charge in [-0.1, -0.05) is 18.2 Å². The summed E-state index contributed by atoms with van der Waals surface area (Å²) in [7, 11) is 0. The first-order valence-electron chi connectivity index (χ1n) is 5.39. The van der Waals surface area contributed by atoms with Gasteiger partial charge in [0.15, 0.2) is 0 Å². The van der Waals surface area contributed by atoms with Crippen LogP contribution in [0, 0.1) is 5.92 Å². The van der Waals surface area contributed by atoms with E-state index in [1.165, 1.54) is 5.56 Å². The van der Waals surface area contributed by atoms with E-state index in [0.717, 1.165) is 18.7 Å². The molecule has 82 valence electrons. The van der Waals surface area contributed by atoms with Gasteiger partial charge in [-0.25, -0.2) is 0 Å². The van der Waals surface area contributed by atoms with Crippen LogP contribution in [0.4, 0.5) is 0 Å². The van der Waals surface area contributed by atoms with E-state index in [1.54, 1.807) is 0 Å². The lowest BCUT2D eigenvalue weighted by atomic mass is 10.1. The minimum absolute atomic E-state index is 0.0549. The Morgan fingerprint density at radius 3 is 2.87 bits per heavy atom. The Morgan fingerprint density at radius 1 is 1.40 bits per heavy atom. The first kappa shape index (κ1) is 10.5. The molecule has 1 aromatic rings. The molecule has 0 spiro atoms. The van der Waals surface area contributed by atoms with Crippen LogP contribution in [0.2, 0.25) is 0 Å². The molecule has 1 saturated carbocycles. The van der Waals surface area contributed by atoms with Crippen molar-refractivity contribution in [1.82, 2.24) is 0 Å². The van der Waals surface area contributed by atoms with Crippen molar-refractivity contribution in [3.63, 3.8) is 0 Å². The van der Waals surface area contributed by atoms with Gasteiger partial charge in [0.25, 0.3) is 0 Å². The quantitative estimate of drug-likeness (QED) is 0.760. The van der Waals surface area contributed by atoms with Crippen LogP contribution in [0.25, 0.3) is 0 Å². The second-order valence-corrected chi connectivity index (χ2v) is 3.95. The Labute approximate surface area is 89.9 Å². The summed E-state index contributed by atoms with van der Waals surface area (Å²) in [5, 5.41) is 8.73. The fourth-order valence-corrected chi connectivity index (χ4v) is 1.96. The first-order valence-corrected chi connectivity index (χ1v) is 5.39. The van der Waals surface area contributed by atoms with Gasteiger partial charge < -0.3 is 15.6 Å². The highest BCUT2D eigenvalue weighted by molar-refractivity contribution is 5.39. The van der Waals surface area contributed by atoms with Crippen LogP contribution in [-0.4, -0.2) is 24.9 Å². The highest BCUT2D eigenvalue weighted by Gasteiger charge is 2.38. The standard InChI is InChI=1S/C12H17NO2/c13-8-9-7-11(9)10-3-1-2-4-12(10)15-6-5-14/h1-4,9,11,14H,5-8,13H2/t9-,11-/m1/s1. The van der Waals surface area contributed by atoms with Crippen LogP contribution in [0.5, 0.6) is 5.75 Å². The number of para-hydroxylation sites is 1. The minimum atomic E-state index is 0.0549. The Hall–Kier alpha value is -1.06. The molecule has 1 aromatic carbocycles. The summed E-state index contributed by atoms with van der Waals surface area (Å²) in [4.78, 5) is 0. The second kappa shape index (κ2) is 4.64. The van der Waals surface area contributed by atoms with E-state index in [4.69, 9.17) is 15.6 Å². The van der Waals surface area contributed by atoms with Crippen LogP contribution in [0.3, 0.4) is 0 Å². The van der Waals surface area contributed by atoms with Gasteiger partial charge in [0.05, 0.1) is 6.61 Å². The predicted octanol–water partition coefficient (Wildman–Crippen LogP) is 1.12. The number of hydrogen-bond donors (Lipinski definition) is 2. The number of rotatable bonds is 5. The van der Waals surface area contributed by atoms with E-state index in [2.05, 4.69) is 6.07 Å². The zero-order valence-electron chi connectivity index (χ0n) is 8.73. The minimum Gasteiger partial charge on any atom is -0.491 e. The van der Waals surface area contributed by atoms with Crippen molar-refractivity contribution < 1.29 is 9.84 Å². The third-order valence-electron chi connectivity index (χ3n) is 2.89. The van der Waals surface area contributed by atoms with Crippen LogP contribution in [0.15, 0.2) is 24.3 Å². The van der Waals surface area contributed by atoms with Crippen LogP contribution in [-0.2, 0) is 0 Å². The highest BCUT2D eigenvalue weighted by Crippen LogP contribution is 2.49. The van der Waals surface area contributed by atoms with E-state index >= 15 is 0 Å². The van der Waals surface area contributed by atoms with Gasteiger partial charge in [-0.15, -0.1) is 0 Å². The Bertz CT molecular complexity index is 327. The molecule has 3 nitrogen and oxygen atoms in total. The number of ether oxygens (including phenoxy) is 1. The topological polar surface area (TPSA) is 55.5 Å². The number of nitrogens with two attached hydrogens (primary N) is 1. The zero-order chi connectivity index (χ0) is 10.7. The van der Waals surface area contributed by atoms with Gasteiger partial charge in [-0.05, 0) is 36.4 Å². The molecule has 3 heteroatoms. The molecule has 3 N–H and O–H groups in total. The summed E-state index contributed by atoms with van der Waals surface area (Å²) in [5.41, 5.74) is 6.87. The van der Waals surface area contributed by atoms with Gasteiger partial charge in [-0.2, -0.15) is 0 Å². The van der Waals surface area contributed by atoms with Crippen molar-refractivity contribution in [3.8, 4) is 5.75 Å². The Kier molecular flexibility index (Phi) is 3.23. The van der Waals surface area contributed by atoms with Crippen LogP contribution < -0.4 is 10.5 Å². The number of hydrogen-bond acceptors (Lipinski definition) is 3. The lowest BCUT2D eigenvalue weighted by Gasteiger charge is -2.09. The number of benzene rings is 1. The van der Waals surface area contributed by atoms with Crippen molar-refractivity contribution in [3.05, 3.63) is 29.8 Å². The summed E-state index contributed by atoms with van der Waals surface area (Å²) in [6.45, 7) is 1.16. The van der Waals surface area contributed by atoms with Gasteiger partial charge >= 0.3 is 0 Å². The van der Waals surface area contributed by atoms with E-state index in [-0.39, 0.29) is 6.61 Å². The maximum Gasteiger partial charge on any atom is 0.122 e. The Balaban J connectivity index is 2.09. The average Bonchev–Trinajstić information content (AvgIpc) is 3.06. The second-order valence-electron chi connectivity index (χ2n) is 3.95. The largest absolute Gasteiger partial charge is 0.491 e. The SMILES string of the molecule is NC[C@H]1C[C@H]1c1ccccc1OCCO. The summed E-state index contributed by atoms with van der Waals surface area (Å²) in [6.07, 6.45) is 1.16. The molecule has 2 rings (SSSR count). The van der Waals surface area contributed by atoms with Crippen LogP contribution in [0.1, 0.15) is 17.9 Å². The maximum atomic E-state index is 8.73. The van der Waals surface area contributed by atoms with E-state index in [9.17, 15) is 0 Å². The summed E-state index contributed by atoms with van der Waals surface area (Å²) in [5.74, 6) is 2.07. The number of aliphatic hydroxyl groups is 1. The molecular weight excluding hydrogens is 190 g/mol. The predicted molar refractivity (Wildman–Crippen MR) is 58.9 cm³/mol. The molecule has 1 fully saturated rings. The molecule has 0 bridgehead atoms. The molecule has 1 aliphatic carbocycles. The van der Waals surface area contributed by atoms with Crippen molar-refractivity contribution in [2.75, 3.05) is 19.8 Å². The molecule has 0 saturated heterocycles. The monoisotopic (exact) mass is 207 g/mol. The molecule has 0 radical (unpaired) electrons. The average molecular weight is 207 g/mol. The van der Waals surface area contributed by atoms with Gasteiger partial charge in [-0.3, -0.25) is 0 Å². The van der Waals surface area contributed by atoms with Crippen molar-refractivity contribution in [1.29, 1.82) is 0 Å². The normalized spacial score (nSPS) is 23.9.